The first-order valence-corrected chi connectivity index (χ1v) is 5.79. The molecule has 0 aliphatic rings. The lowest BCUT2D eigenvalue weighted by Gasteiger charge is -2.10. The number of aliphatic hydroxyl groups excluding tert-OH is 1. The highest BCUT2D eigenvalue weighted by molar-refractivity contribution is 5.18. The molecule has 0 saturated heterocycles. The molecule has 90 valence electrons. The van der Waals surface area contributed by atoms with Crippen LogP contribution in [0.4, 0.5) is 0 Å². The molecule has 0 unspecified atom stereocenters. The summed E-state index contributed by atoms with van der Waals surface area (Å²) in [5.41, 5.74) is 2.87. The zero-order valence-corrected chi connectivity index (χ0v) is 10.2. The molecule has 0 spiro atoms. The molecule has 4 nitrogen and oxygen atoms in total. The lowest BCUT2D eigenvalue weighted by molar-refractivity contribution is 0.275. The molecular formula is C13H17N3O. The summed E-state index contributed by atoms with van der Waals surface area (Å²) in [5.74, 6) is 0.302. The van der Waals surface area contributed by atoms with E-state index in [1.54, 1.807) is 0 Å². The Morgan fingerprint density at radius 3 is 2.53 bits per heavy atom. The average Bonchev–Trinajstić information content (AvgIpc) is 2.73. The summed E-state index contributed by atoms with van der Waals surface area (Å²) in [4.78, 5) is 0. The Labute approximate surface area is 101 Å². The molecule has 4 heteroatoms. The largest absolute Gasteiger partial charge is 0.390 e. The maximum atomic E-state index is 9.23. The second kappa shape index (κ2) is 5.10. The molecule has 1 heterocycles. The number of aromatic nitrogens is 3. The molecule has 17 heavy (non-hydrogen) atoms. The van der Waals surface area contributed by atoms with E-state index < -0.39 is 0 Å². The minimum atomic E-state index is -0.0533. The van der Waals surface area contributed by atoms with Crippen LogP contribution in [-0.4, -0.2) is 20.1 Å². The fraction of sp³-hybridized carbons (Fsp3) is 0.385. The molecule has 2 aromatic rings. The Kier molecular flexibility index (Phi) is 3.54. The van der Waals surface area contributed by atoms with Crippen LogP contribution in [0.2, 0.25) is 0 Å². The Balaban J connectivity index is 2.30. The van der Waals surface area contributed by atoms with E-state index in [0.29, 0.717) is 18.2 Å². The van der Waals surface area contributed by atoms with Gasteiger partial charge in [0.25, 0.3) is 0 Å². The fourth-order valence-corrected chi connectivity index (χ4v) is 1.97. The zero-order chi connectivity index (χ0) is 12.3. The summed E-state index contributed by atoms with van der Waals surface area (Å²) in [7, 11) is 0. The summed E-state index contributed by atoms with van der Waals surface area (Å²) < 4.78 is 1.87. The Bertz CT molecular complexity index is 477. The quantitative estimate of drug-likeness (QED) is 0.875. The molecule has 0 fully saturated rings. The van der Waals surface area contributed by atoms with E-state index in [1.807, 2.05) is 22.9 Å². The number of aliphatic hydroxyl groups is 1. The molecule has 1 aromatic carbocycles. The summed E-state index contributed by atoms with van der Waals surface area (Å²) >= 11 is 0. The van der Waals surface area contributed by atoms with Crippen LogP contribution in [-0.2, 0) is 13.2 Å². The van der Waals surface area contributed by atoms with E-state index in [1.165, 1.54) is 5.56 Å². The van der Waals surface area contributed by atoms with Gasteiger partial charge in [0.2, 0.25) is 0 Å². The molecule has 2 rings (SSSR count). The van der Waals surface area contributed by atoms with Crippen LogP contribution in [0.25, 0.3) is 0 Å². The Morgan fingerprint density at radius 1 is 1.24 bits per heavy atom. The summed E-state index contributed by atoms with van der Waals surface area (Å²) in [6.45, 7) is 4.81. The Morgan fingerprint density at radius 2 is 1.94 bits per heavy atom. The molecule has 0 aliphatic carbocycles. The number of hydrogen-bond donors (Lipinski definition) is 1. The first-order valence-electron chi connectivity index (χ1n) is 5.79. The molecule has 0 aliphatic heterocycles. The van der Waals surface area contributed by atoms with Crippen molar-refractivity contribution in [2.75, 3.05) is 0 Å². The van der Waals surface area contributed by atoms with Crippen molar-refractivity contribution in [3.63, 3.8) is 0 Å². The molecule has 0 saturated carbocycles. The highest BCUT2D eigenvalue weighted by Crippen LogP contribution is 2.18. The van der Waals surface area contributed by atoms with Crippen molar-refractivity contribution in [3.05, 3.63) is 47.3 Å². The van der Waals surface area contributed by atoms with Gasteiger partial charge < -0.3 is 5.11 Å². The third kappa shape index (κ3) is 2.53. The van der Waals surface area contributed by atoms with Crippen LogP contribution < -0.4 is 0 Å². The number of benzene rings is 1. The van der Waals surface area contributed by atoms with Crippen molar-refractivity contribution in [1.29, 1.82) is 0 Å². The maximum Gasteiger partial charge on any atom is 0.112 e. The fourth-order valence-electron chi connectivity index (χ4n) is 1.97. The SMILES string of the molecule is CC(C)c1c(CO)nnn1Cc1ccccc1. The van der Waals surface area contributed by atoms with E-state index in [2.05, 4.69) is 36.3 Å². The predicted octanol–water partition coefficient (Wildman–Crippen LogP) is 1.94. The third-order valence-corrected chi connectivity index (χ3v) is 2.72. The lowest BCUT2D eigenvalue weighted by atomic mass is 10.1. The van der Waals surface area contributed by atoms with E-state index in [4.69, 9.17) is 0 Å². The van der Waals surface area contributed by atoms with Gasteiger partial charge in [0.15, 0.2) is 0 Å². The van der Waals surface area contributed by atoms with E-state index in [-0.39, 0.29) is 6.61 Å². The molecule has 0 bridgehead atoms. The first kappa shape index (κ1) is 11.8. The number of rotatable bonds is 4. The van der Waals surface area contributed by atoms with Crippen molar-refractivity contribution in [1.82, 2.24) is 15.0 Å². The standard InChI is InChI=1S/C13H17N3O/c1-10(2)13-12(9-17)14-15-16(13)8-11-6-4-3-5-7-11/h3-7,10,17H,8-9H2,1-2H3. The minimum absolute atomic E-state index is 0.0533. The normalized spacial score (nSPS) is 11.1. The Hall–Kier alpha value is -1.68. The second-order valence-corrected chi connectivity index (χ2v) is 4.38. The van der Waals surface area contributed by atoms with Gasteiger partial charge in [0, 0.05) is 0 Å². The average molecular weight is 231 g/mol. The van der Waals surface area contributed by atoms with Gasteiger partial charge in [-0.25, -0.2) is 4.68 Å². The second-order valence-electron chi connectivity index (χ2n) is 4.38. The highest BCUT2D eigenvalue weighted by atomic mass is 16.3. The molecule has 0 amide bonds. The van der Waals surface area contributed by atoms with Crippen molar-refractivity contribution < 1.29 is 5.11 Å². The summed E-state index contributed by atoms with van der Waals surface area (Å²) in [6.07, 6.45) is 0. The third-order valence-electron chi connectivity index (χ3n) is 2.72. The van der Waals surface area contributed by atoms with Crippen LogP contribution in [0.1, 0.15) is 36.7 Å². The predicted molar refractivity (Wildman–Crippen MR) is 65.6 cm³/mol. The van der Waals surface area contributed by atoms with Crippen molar-refractivity contribution in [3.8, 4) is 0 Å². The molecule has 1 aromatic heterocycles. The molecular weight excluding hydrogens is 214 g/mol. The number of hydrogen-bond acceptors (Lipinski definition) is 3. The van der Waals surface area contributed by atoms with Gasteiger partial charge in [-0.3, -0.25) is 0 Å². The molecule has 1 N–H and O–H groups in total. The van der Waals surface area contributed by atoms with Gasteiger partial charge >= 0.3 is 0 Å². The summed E-state index contributed by atoms with van der Waals surface area (Å²) in [5, 5.41) is 17.4. The van der Waals surface area contributed by atoms with Crippen molar-refractivity contribution >= 4 is 0 Å². The van der Waals surface area contributed by atoms with Crippen LogP contribution in [0.15, 0.2) is 30.3 Å². The van der Waals surface area contributed by atoms with Crippen LogP contribution in [0.3, 0.4) is 0 Å². The van der Waals surface area contributed by atoms with Gasteiger partial charge in [-0.2, -0.15) is 0 Å². The zero-order valence-electron chi connectivity index (χ0n) is 10.2. The van der Waals surface area contributed by atoms with E-state index >= 15 is 0 Å². The van der Waals surface area contributed by atoms with Gasteiger partial charge in [-0.1, -0.05) is 49.4 Å². The van der Waals surface area contributed by atoms with Crippen LogP contribution >= 0.6 is 0 Å². The van der Waals surface area contributed by atoms with Gasteiger partial charge in [-0.05, 0) is 11.5 Å². The summed E-state index contributed by atoms with van der Waals surface area (Å²) in [6, 6.07) is 10.1. The van der Waals surface area contributed by atoms with Gasteiger partial charge in [0.05, 0.1) is 18.8 Å². The lowest BCUT2D eigenvalue weighted by Crippen LogP contribution is -2.08. The van der Waals surface area contributed by atoms with Crippen molar-refractivity contribution in [2.45, 2.75) is 32.9 Å². The minimum Gasteiger partial charge on any atom is -0.390 e. The van der Waals surface area contributed by atoms with Crippen molar-refractivity contribution in [2.24, 2.45) is 0 Å². The van der Waals surface area contributed by atoms with Gasteiger partial charge in [0.1, 0.15) is 5.69 Å². The van der Waals surface area contributed by atoms with Crippen LogP contribution in [0, 0.1) is 0 Å². The van der Waals surface area contributed by atoms with Crippen LogP contribution in [0.5, 0.6) is 0 Å². The van der Waals surface area contributed by atoms with E-state index in [0.717, 1.165) is 5.69 Å². The van der Waals surface area contributed by atoms with E-state index in [9.17, 15) is 5.11 Å². The molecule has 0 radical (unpaired) electrons. The first-order chi connectivity index (χ1) is 8.22. The van der Waals surface area contributed by atoms with Gasteiger partial charge in [-0.15, -0.1) is 5.10 Å². The maximum absolute atomic E-state index is 9.23. The topological polar surface area (TPSA) is 50.9 Å². The monoisotopic (exact) mass is 231 g/mol. The molecule has 0 atom stereocenters. The number of nitrogens with zero attached hydrogens (tertiary/aromatic N) is 3. The highest BCUT2D eigenvalue weighted by Gasteiger charge is 2.15. The smallest absolute Gasteiger partial charge is 0.112 e.